The highest BCUT2D eigenvalue weighted by Crippen LogP contribution is 2.33. The van der Waals surface area contributed by atoms with Crippen molar-refractivity contribution >= 4 is 0 Å². The van der Waals surface area contributed by atoms with E-state index >= 15 is 0 Å². The molecule has 1 aromatic heterocycles. The fraction of sp³-hybridized carbons (Fsp3) is 0.727. The van der Waals surface area contributed by atoms with Crippen molar-refractivity contribution in [3.63, 3.8) is 0 Å². The second-order valence-corrected chi connectivity index (χ2v) is 4.23. The van der Waals surface area contributed by atoms with E-state index in [0.29, 0.717) is 12.5 Å². The molecule has 1 saturated carbocycles. The van der Waals surface area contributed by atoms with Crippen molar-refractivity contribution in [3.8, 4) is 0 Å². The summed E-state index contributed by atoms with van der Waals surface area (Å²) in [6, 6.07) is 0. The summed E-state index contributed by atoms with van der Waals surface area (Å²) in [6.45, 7) is 0.576. The summed E-state index contributed by atoms with van der Waals surface area (Å²) < 4.78 is 2.15. The van der Waals surface area contributed by atoms with E-state index in [-0.39, 0.29) is 0 Å². The number of nitrogens with two attached hydrogens (primary N) is 1. The Kier molecular flexibility index (Phi) is 2.87. The lowest BCUT2D eigenvalue weighted by molar-refractivity contribution is 0.427. The SMILES string of the molecule is Cn1cnc(CN)c1C1CCCCC1. The van der Waals surface area contributed by atoms with Crippen molar-refractivity contribution in [2.45, 2.75) is 44.6 Å². The van der Waals surface area contributed by atoms with Gasteiger partial charge in [-0.25, -0.2) is 4.98 Å². The quantitative estimate of drug-likeness (QED) is 0.780. The molecule has 0 amide bonds. The molecule has 1 aliphatic rings. The molecule has 0 aromatic carbocycles. The largest absolute Gasteiger partial charge is 0.337 e. The van der Waals surface area contributed by atoms with Crippen LogP contribution in [0.3, 0.4) is 0 Å². The number of aryl methyl sites for hydroxylation is 1. The van der Waals surface area contributed by atoms with Crippen molar-refractivity contribution < 1.29 is 0 Å². The first-order valence-electron chi connectivity index (χ1n) is 5.53. The first-order chi connectivity index (χ1) is 6.83. The maximum Gasteiger partial charge on any atom is 0.0949 e. The molecule has 3 nitrogen and oxygen atoms in total. The van der Waals surface area contributed by atoms with Gasteiger partial charge in [0.15, 0.2) is 0 Å². The van der Waals surface area contributed by atoms with Gasteiger partial charge < -0.3 is 10.3 Å². The molecule has 0 spiro atoms. The third-order valence-electron chi connectivity index (χ3n) is 3.25. The molecule has 1 fully saturated rings. The van der Waals surface area contributed by atoms with Crippen LogP contribution < -0.4 is 5.73 Å². The molecule has 2 rings (SSSR count). The van der Waals surface area contributed by atoms with Crippen LogP contribution >= 0.6 is 0 Å². The van der Waals surface area contributed by atoms with Crippen molar-refractivity contribution in [2.75, 3.05) is 0 Å². The average molecular weight is 193 g/mol. The lowest BCUT2D eigenvalue weighted by Crippen LogP contribution is -2.12. The monoisotopic (exact) mass is 193 g/mol. The zero-order valence-electron chi connectivity index (χ0n) is 8.87. The first-order valence-corrected chi connectivity index (χ1v) is 5.53. The second kappa shape index (κ2) is 4.13. The molecule has 0 atom stereocenters. The van der Waals surface area contributed by atoms with Crippen LogP contribution in [0.1, 0.15) is 49.4 Å². The second-order valence-electron chi connectivity index (χ2n) is 4.23. The molecule has 3 heteroatoms. The van der Waals surface area contributed by atoms with Crippen LogP contribution in [0.5, 0.6) is 0 Å². The fourth-order valence-electron chi connectivity index (χ4n) is 2.55. The van der Waals surface area contributed by atoms with E-state index in [0.717, 1.165) is 5.69 Å². The Bertz CT molecular complexity index is 297. The van der Waals surface area contributed by atoms with Crippen molar-refractivity contribution in [2.24, 2.45) is 12.8 Å². The van der Waals surface area contributed by atoms with E-state index in [2.05, 4.69) is 16.6 Å². The number of hydrogen-bond donors (Lipinski definition) is 1. The topological polar surface area (TPSA) is 43.8 Å². The van der Waals surface area contributed by atoms with E-state index in [4.69, 9.17) is 5.73 Å². The molecule has 1 aromatic rings. The lowest BCUT2D eigenvalue weighted by Gasteiger charge is -2.22. The zero-order chi connectivity index (χ0) is 9.97. The average Bonchev–Trinajstić information content (AvgIpc) is 2.61. The van der Waals surface area contributed by atoms with Gasteiger partial charge in [-0.3, -0.25) is 0 Å². The van der Waals surface area contributed by atoms with Gasteiger partial charge in [-0.05, 0) is 12.8 Å². The highest BCUT2D eigenvalue weighted by Gasteiger charge is 2.21. The van der Waals surface area contributed by atoms with Crippen molar-refractivity contribution in [1.82, 2.24) is 9.55 Å². The minimum Gasteiger partial charge on any atom is -0.337 e. The molecule has 1 heterocycles. The smallest absolute Gasteiger partial charge is 0.0949 e. The highest BCUT2D eigenvalue weighted by atomic mass is 15.0. The number of imidazole rings is 1. The first kappa shape index (κ1) is 9.71. The van der Waals surface area contributed by atoms with Crippen LogP contribution in [0.15, 0.2) is 6.33 Å². The van der Waals surface area contributed by atoms with Gasteiger partial charge in [-0.15, -0.1) is 0 Å². The molecule has 78 valence electrons. The predicted molar refractivity (Wildman–Crippen MR) is 56.9 cm³/mol. The van der Waals surface area contributed by atoms with Gasteiger partial charge >= 0.3 is 0 Å². The summed E-state index contributed by atoms with van der Waals surface area (Å²) in [5.74, 6) is 0.704. The van der Waals surface area contributed by atoms with Crippen LogP contribution in [0.25, 0.3) is 0 Å². The van der Waals surface area contributed by atoms with Crippen molar-refractivity contribution in [3.05, 3.63) is 17.7 Å². The zero-order valence-corrected chi connectivity index (χ0v) is 8.87. The lowest BCUT2D eigenvalue weighted by atomic mass is 9.86. The maximum atomic E-state index is 5.69. The molecule has 0 unspecified atom stereocenters. The van der Waals surface area contributed by atoms with Gasteiger partial charge in [0.05, 0.1) is 12.0 Å². The molecule has 2 N–H and O–H groups in total. The molecule has 14 heavy (non-hydrogen) atoms. The van der Waals surface area contributed by atoms with E-state index in [1.165, 1.54) is 37.8 Å². The van der Waals surface area contributed by atoms with Gasteiger partial charge in [0.25, 0.3) is 0 Å². The van der Waals surface area contributed by atoms with Gasteiger partial charge in [-0.1, -0.05) is 19.3 Å². The van der Waals surface area contributed by atoms with Gasteiger partial charge in [0.1, 0.15) is 0 Å². The molecule has 0 saturated heterocycles. The summed E-state index contributed by atoms with van der Waals surface area (Å²) in [5.41, 5.74) is 8.17. The maximum absolute atomic E-state index is 5.69. The van der Waals surface area contributed by atoms with Crippen LogP contribution in [0.4, 0.5) is 0 Å². The molecule has 0 aliphatic heterocycles. The summed E-state index contributed by atoms with van der Waals surface area (Å²) in [7, 11) is 2.08. The Morgan fingerprint density at radius 2 is 2.14 bits per heavy atom. The minimum atomic E-state index is 0.576. The van der Waals surface area contributed by atoms with E-state index < -0.39 is 0 Å². The molecule has 1 aliphatic carbocycles. The van der Waals surface area contributed by atoms with Crippen LogP contribution in [-0.2, 0) is 13.6 Å². The summed E-state index contributed by atoms with van der Waals surface area (Å²) in [4.78, 5) is 4.35. The summed E-state index contributed by atoms with van der Waals surface area (Å²) in [5, 5.41) is 0. The number of hydrogen-bond acceptors (Lipinski definition) is 2. The summed E-state index contributed by atoms with van der Waals surface area (Å²) >= 11 is 0. The van der Waals surface area contributed by atoms with Gasteiger partial charge in [0.2, 0.25) is 0 Å². The van der Waals surface area contributed by atoms with Gasteiger partial charge in [-0.2, -0.15) is 0 Å². The Morgan fingerprint density at radius 1 is 1.43 bits per heavy atom. The Morgan fingerprint density at radius 3 is 2.79 bits per heavy atom. The van der Waals surface area contributed by atoms with Crippen LogP contribution in [0.2, 0.25) is 0 Å². The Balaban J connectivity index is 2.23. The Labute approximate surface area is 85.3 Å². The van der Waals surface area contributed by atoms with Crippen LogP contribution in [0, 0.1) is 0 Å². The minimum absolute atomic E-state index is 0.576. The van der Waals surface area contributed by atoms with E-state index in [1.54, 1.807) is 0 Å². The summed E-state index contributed by atoms with van der Waals surface area (Å²) in [6.07, 6.45) is 8.64. The normalized spacial score (nSPS) is 18.7. The van der Waals surface area contributed by atoms with E-state index in [9.17, 15) is 0 Å². The Hall–Kier alpha value is -0.830. The molecule has 0 radical (unpaired) electrons. The molecular weight excluding hydrogens is 174 g/mol. The third-order valence-corrected chi connectivity index (χ3v) is 3.25. The molecule has 0 bridgehead atoms. The highest BCUT2D eigenvalue weighted by molar-refractivity contribution is 5.18. The number of aromatic nitrogens is 2. The molecular formula is C11H19N3. The standard InChI is InChI=1S/C11H19N3/c1-14-8-13-10(7-12)11(14)9-5-3-2-4-6-9/h8-9H,2-7,12H2,1H3. The predicted octanol–water partition coefficient (Wildman–Crippen LogP) is 1.93. The van der Waals surface area contributed by atoms with Gasteiger partial charge in [0, 0.05) is 25.2 Å². The third kappa shape index (κ3) is 1.69. The number of nitrogens with zero attached hydrogens (tertiary/aromatic N) is 2. The fourth-order valence-corrected chi connectivity index (χ4v) is 2.55. The van der Waals surface area contributed by atoms with E-state index in [1.807, 2.05) is 6.33 Å². The van der Waals surface area contributed by atoms with Crippen LogP contribution in [-0.4, -0.2) is 9.55 Å². The van der Waals surface area contributed by atoms with Crippen molar-refractivity contribution in [1.29, 1.82) is 0 Å². The number of rotatable bonds is 2.